The molecule has 0 saturated heterocycles. The van der Waals surface area contributed by atoms with Crippen LogP contribution >= 0.6 is 0 Å². The van der Waals surface area contributed by atoms with E-state index in [2.05, 4.69) is 26.8 Å². The van der Waals surface area contributed by atoms with Crippen molar-refractivity contribution in [3.05, 3.63) is 64.7 Å². The van der Waals surface area contributed by atoms with Crippen LogP contribution in [0.3, 0.4) is 0 Å². The van der Waals surface area contributed by atoms with Crippen LogP contribution in [0.15, 0.2) is 42.5 Å². The third-order valence-corrected chi connectivity index (χ3v) is 3.97. The van der Waals surface area contributed by atoms with Crippen LogP contribution in [0, 0.1) is 0 Å². The minimum atomic E-state index is -0.417. The number of hydrogen-bond donors (Lipinski definition) is 1. The van der Waals surface area contributed by atoms with E-state index in [1.54, 1.807) is 0 Å². The van der Waals surface area contributed by atoms with Crippen molar-refractivity contribution in [2.45, 2.75) is 45.7 Å². The van der Waals surface area contributed by atoms with E-state index in [9.17, 15) is 5.11 Å². The molecule has 22 heavy (non-hydrogen) atoms. The second-order valence-electron chi connectivity index (χ2n) is 6.70. The Morgan fingerprint density at radius 3 is 2.50 bits per heavy atom. The van der Waals surface area contributed by atoms with Gasteiger partial charge < -0.3 is 14.6 Å². The van der Waals surface area contributed by atoms with Crippen molar-refractivity contribution in [1.82, 2.24) is 0 Å². The maximum Gasteiger partial charge on any atom is 0.227 e. The third kappa shape index (κ3) is 2.87. The van der Waals surface area contributed by atoms with E-state index >= 15 is 0 Å². The Balaban J connectivity index is 1.97. The Kier molecular flexibility index (Phi) is 3.94. The lowest BCUT2D eigenvalue weighted by Crippen LogP contribution is -2.21. The van der Waals surface area contributed by atoms with E-state index in [0.29, 0.717) is 6.61 Å². The fraction of sp³-hybridized carbons (Fsp3) is 0.368. The second-order valence-corrected chi connectivity index (χ2v) is 6.70. The zero-order valence-corrected chi connectivity index (χ0v) is 13.3. The third-order valence-electron chi connectivity index (χ3n) is 3.97. The van der Waals surface area contributed by atoms with Gasteiger partial charge in [0.1, 0.15) is 5.75 Å². The van der Waals surface area contributed by atoms with Gasteiger partial charge >= 0.3 is 0 Å². The molecule has 116 valence electrons. The number of hydrogen-bond acceptors (Lipinski definition) is 3. The molecule has 1 N–H and O–H groups in total. The predicted molar refractivity (Wildman–Crippen MR) is 85.7 cm³/mol. The highest BCUT2D eigenvalue weighted by atomic mass is 16.7. The second kappa shape index (κ2) is 5.75. The molecule has 0 fully saturated rings. The van der Waals surface area contributed by atoms with Crippen molar-refractivity contribution in [1.29, 1.82) is 0 Å². The van der Waals surface area contributed by atoms with Crippen molar-refractivity contribution in [2.75, 3.05) is 0 Å². The summed E-state index contributed by atoms with van der Waals surface area (Å²) in [6, 6.07) is 14.0. The molecular formula is C19H22O3. The van der Waals surface area contributed by atoms with Gasteiger partial charge in [0.05, 0.1) is 13.2 Å². The number of aliphatic hydroxyl groups is 1. The number of ether oxygens (including phenoxy) is 2. The molecule has 0 radical (unpaired) electrons. The van der Waals surface area contributed by atoms with Gasteiger partial charge in [-0.3, -0.25) is 0 Å². The quantitative estimate of drug-likeness (QED) is 0.907. The van der Waals surface area contributed by atoms with E-state index in [4.69, 9.17) is 9.47 Å². The normalized spacial score (nSPS) is 17.7. The van der Waals surface area contributed by atoms with Crippen LogP contribution in [-0.4, -0.2) is 5.11 Å². The lowest BCUT2D eigenvalue weighted by atomic mass is 9.84. The Hall–Kier alpha value is -1.84. The first-order valence-electron chi connectivity index (χ1n) is 7.59. The molecule has 1 heterocycles. The molecular weight excluding hydrogens is 276 g/mol. The van der Waals surface area contributed by atoms with Crippen molar-refractivity contribution < 1.29 is 14.6 Å². The van der Waals surface area contributed by atoms with Crippen molar-refractivity contribution in [2.24, 2.45) is 0 Å². The maximum atomic E-state index is 9.72. The van der Waals surface area contributed by atoms with Gasteiger partial charge in [-0.1, -0.05) is 51.1 Å². The van der Waals surface area contributed by atoms with Gasteiger partial charge in [-0.2, -0.15) is 0 Å². The van der Waals surface area contributed by atoms with Crippen LogP contribution in [0.25, 0.3) is 0 Å². The van der Waals surface area contributed by atoms with Gasteiger partial charge in [-0.05, 0) is 23.1 Å². The molecule has 0 aliphatic carbocycles. The first-order valence-corrected chi connectivity index (χ1v) is 7.59. The molecule has 1 aliphatic rings. The molecule has 0 spiro atoms. The average molecular weight is 298 g/mol. The predicted octanol–water partition coefficient (Wildman–Crippen LogP) is 4.08. The van der Waals surface area contributed by atoms with Gasteiger partial charge in [0.25, 0.3) is 0 Å². The number of rotatable bonds is 2. The number of fused-ring (bicyclic) bond motifs is 1. The summed E-state index contributed by atoms with van der Waals surface area (Å²) in [5.74, 6) is 0.760. The van der Waals surface area contributed by atoms with Gasteiger partial charge in [0.2, 0.25) is 6.29 Å². The van der Waals surface area contributed by atoms with Gasteiger partial charge in [-0.25, -0.2) is 0 Å². The monoisotopic (exact) mass is 298 g/mol. The molecule has 1 atom stereocenters. The number of benzene rings is 2. The fourth-order valence-corrected chi connectivity index (χ4v) is 2.64. The van der Waals surface area contributed by atoms with Crippen LogP contribution in [0.5, 0.6) is 5.75 Å². The fourth-order valence-electron chi connectivity index (χ4n) is 2.64. The Bertz CT molecular complexity index is 639. The standard InChI is InChI=1S/C19H22O3/c1-19(2,3)16-9-14(11-20)17-15(10-16)12-21-18(22-17)13-7-5-4-6-8-13/h4-10,18,20H,11-12H2,1-3H3/t18-/m0/s1. The van der Waals surface area contributed by atoms with Gasteiger partial charge in [-0.15, -0.1) is 0 Å². The minimum Gasteiger partial charge on any atom is -0.460 e. The maximum absolute atomic E-state index is 9.72. The Morgan fingerprint density at radius 1 is 1.14 bits per heavy atom. The lowest BCUT2D eigenvalue weighted by molar-refractivity contribution is -0.112. The Morgan fingerprint density at radius 2 is 1.86 bits per heavy atom. The molecule has 0 unspecified atom stereocenters. The van der Waals surface area contributed by atoms with Crippen molar-refractivity contribution >= 4 is 0 Å². The van der Waals surface area contributed by atoms with Crippen LogP contribution in [0.2, 0.25) is 0 Å². The van der Waals surface area contributed by atoms with E-state index < -0.39 is 6.29 Å². The summed E-state index contributed by atoms with van der Waals surface area (Å²) >= 11 is 0. The summed E-state index contributed by atoms with van der Waals surface area (Å²) in [6.45, 7) is 6.94. The SMILES string of the molecule is CC(C)(C)c1cc(CO)c2c(c1)CO[C@H](c1ccccc1)O2. The highest BCUT2D eigenvalue weighted by Crippen LogP contribution is 2.38. The zero-order chi connectivity index (χ0) is 15.7. The minimum absolute atomic E-state index is 0.0230. The summed E-state index contributed by atoms with van der Waals surface area (Å²) in [5, 5.41) is 9.72. The molecule has 0 amide bonds. The summed E-state index contributed by atoms with van der Waals surface area (Å²) < 4.78 is 11.9. The Labute approximate surface area is 131 Å². The first-order chi connectivity index (χ1) is 10.5. The van der Waals surface area contributed by atoms with E-state index in [-0.39, 0.29) is 12.0 Å². The van der Waals surface area contributed by atoms with Crippen molar-refractivity contribution in [3.63, 3.8) is 0 Å². The smallest absolute Gasteiger partial charge is 0.227 e. The summed E-state index contributed by atoms with van der Waals surface area (Å²) in [7, 11) is 0. The molecule has 3 nitrogen and oxygen atoms in total. The first kappa shape index (κ1) is 15.1. The molecule has 0 bridgehead atoms. The summed E-state index contributed by atoms with van der Waals surface area (Å²) in [5.41, 5.74) is 4.02. The zero-order valence-electron chi connectivity index (χ0n) is 13.3. The van der Waals surface area contributed by atoms with Crippen LogP contribution in [0.4, 0.5) is 0 Å². The molecule has 3 heteroatoms. The van der Waals surface area contributed by atoms with Crippen LogP contribution in [0.1, 0.15) is 49.3 Å². The molecule has 0 saturated carbocycles. The van der Waals surface area contributed by atoms with E-state index in [1.807, 2.05) is 36.4 Å². The van der Waals surface area contributed by atoms with Crippen LogP contribution < -0.4 is 4.74 Å². The van der Waals surface area contributed by atoms with Crippen LogP contribution in [-0.2, 0) is 23.4 Å². The van der Waals surface area contributed by atoms with E-state index in [0.717, 1.165) is 22.4 Å². The summed E-state index contributed by atoms with van der Waals surface area (Å²) in [4.78, 5) is 0. The molecule has 1 aliphatic heterocycles. The molecule has 2 aromatic carbocycles. The van der Waals surface area contributed by atoms with Gasteiger partial charge in [0.15, 0.2) is 0 Å². The number of aliphatic hydroxyl groups excluding tert-OH is 1. The highest BCUT2D eigenvalue weighted by Gasteiger charge is 2.26. The lowest BCUT2D eigenvalue weighted by Gasteiger charge is -2.30. The molecule has 3 rings (SSSR count). The van der Waals surface area contributed by atoms with E-state index in [1.165, 1.54) is 5.56 Å². The van der Waals surface area contributed by atoms with Crippen molar-refractivity contribution in [3.8, 4) is 5.75 Å². The molecule has 2 aromatic rings. The largest absolute Gasteiger partial charge is 0.460 e. The summed E-state index contributed by atoms with van der Waals surface area (Å²) in [6.07, 6.45) is -0.417. The molecule has 0 aromatic heterocycles. The average Bonchev–Trinajstić information content (AvgIpc) is 2.53. The van der Waals surface area contributed by atoms with Gasteiger partial charge in [0, 0.05) is 16.7 Å². The topological polar surface area (TPSA) is 38.7 Å². The highest BCUT2D eigenvalue weighted by molar-refractivity contribution is 5.47.